The van der Waals surface area contributed by atoms with Gasteiger partial charge in [-0.05, 0) is 90.3 Å². The van der Waals surface area contributed by atoms with Crippen LogP contribution in [0, 0.1) is 6.92 Å². The first-order valence-electron chi connectivity index (χ1n) is 11.9. The molecule has 0 aliphatic carbocycles. The van der Waals surface area contributed by atoms with Gasteiger partial charge in [0.25, 0.3) is 11.8 Å². The summed E-state index contributed by atoms with van der Waals surface area (Å²) in [6.45, 7) is 6.26. The van der Waals surface area contributed by atoms with Gasteiger partial charge in [0, 0.05) is 11.3 Å². The zero-order valence-electron chi connectivity index (χ0n) is 21.7. The minimum Gasteiger partial charge on any atom is -0.493 e. The van der Waals surface area contributed by atoms with Gasteiger partial charge in [0.1, 0.15) is 0 Å². The van der Waals surface area contributed by atoms with E-state index in [1.54, 1.807) is 30.3 Å². The summed E-state index contributed by atoms with van der Waals surface area (Å²) < 4.78 is 22.8. The highest BCUT2D eigenvalue weighted by Crippen LogP contribution is 2.36. The Morgan fingerprint density at radius 1 is 0.947 bits per heavy atom. The van der Waals surface area contributed by atoms with Gasteiger partial charge in [-0.2, -0.15) is 5.10 Å². The van der Waals surface area contributed by atoms with Crippen LogP contribution in [-0.4, -0.2) is 45.0 Å². The largest absolute Gasteiger partial charge is 0.493 e. The molecule has 0 saturated heterocycles. The molecular formula is C28H30BrN3O6. The van der Waals surface area contributed by atoms with E-state index in [1.165, 1.54) is 13.3 Å². The predicted molar refractivity (Wildman–Crippen MR) is 150 cm³/mol. The van der Waals surface area contributed by atoms with Crippen molar-refractivity contribution in [2.45, 2.75) is 20.8 Å². The maximum atomic E-state index is 12.6. The molecule has 3 rings (SSSR count). The number of nitrogens with one attached hydrogen (secondary N) is 2. The highest BCUT2D eigenvalue weighted by molar-refractivity contribution is 9.10. The third-order valence-corrected chi connectivity index (χ3v) is 5.68. The summed E-state index contributed by atoms with van der Waals surface area (Å²) in [7, 11) is 1.53. The number of nitrogens with zero attached hydrogens (tertiary/aromatic N) is 1. The fourth-order valence-electron chi connectivity index (χ4n) is 3.44. The number of hydrogen-bond acceptors (Lipinski definition) is 7. The summed E-state index contributed by atoms with van der Waals surface area (Å²) in [5.74, 6) is 1.11. The highest BCUT2D eigenvalue weighted by atomic mass is 79.9. The minimum absolute atomic E-state index is 0.207. The monoisotopic (exact) mass is 583 g/mol. The second-order valence-electron chi connectivity index (χ2n) is 7.97. The van der Waals surface area contributed by atoms with Crippen LogP contribution < -0.4 is 29.7 Å². The maximum Gasteiger partial charge on any atom is 0.271 e. The van der Waals surface area contributed by atoms with Crippen molar-refractivity contribution < 1.29 is 28.5 Å². The molecule has 3 aromatic carbocycles. The average Bonchev–Trinajstić information content (AvgIpc) is 2.88. The molecule has 2 amide bonds. The van der Waals surface area contributed by atoms with Gasteiger partial charge in [-0.25, -0.2) is 5.43 Å². The second kappa shape index (κ2) is 14.0. The van der Waals surface area contributed by atoms with E-state index in [0.717, 1.165) is 5.56 Å². The predicted octanol–water partition coefficient (Wildman–Crippen LogP) is 5.34. The van der Waals surface area contributed by atoms with E-state index in [4.69, 9.17) is 18.9 Å². The molecule has 38 heavy (non-hydrogen) atoms. The molecule has 0 spiro atoms. The Hall–Kier alpha value is -4.05. The Labute approximate surface area is 230 Å². The molecule has 0 radical (unpaired) electrons. The van der Waals surface area contributed by atoms with Crippen molar-refractivity contribution in [1.29, 1.82) is 0 Å². The lowest BCUT2D eigenvalue weighted by Crippen LogP contribution is -2.20. The lowest BCUT2D eigenvalue weighted by Gasteiger charge is -2.14. The molecule has 0 aliphatic rings. The van der Waals surface area contributed by atoms with E-state index in [-0.39, 0.29) is 12.5 Å². The molecule has 2 N–H and O–H groups in total. The average molecular weight is 584 g/mol. The number of rotatable bonds is 12. The van der Waals surface area contributed by atoms with Gasteiger partial charge in [0.15, 0.2) is 29.6 Å². The number of methoxy groups -OCH3 is 1. The van der Waals surface area contributed by atoms with Gasteiger partial charge in [-0.1, -0.05) is 12.1 Å². The molecular weight excluding hydrogens is 554 g/mol. The zero-order valence-corrected chi connectivity index (χ0v) is 23.3. The number of carbonyl (C=O) groups is 2. The van der Waals surface area contributed by atoms with Gasteiger partial charge in [0.2, 0.25) is 0 Å². The summed E-state index contributed by atoms with van der Waals surface area (Å²) in [4.78, 5) is 25.0. The van der Waals surface area contributed by atoms with Gasteiger partial charge < -0.3 is 24.3 Å². The smallest absolute Gasteiger partial charge is 0.271 e. The van der Waals surface area contributed by atoms with Gasteiger partial charge >= 0.3 is 0 Å². The molecule has 0 aromatic heterocycles. The van der Waals surface area contributed by atoms with Gasteiger partial charge in [0.05, 0.1) is 31.0 Å². The van der Waals surface area contributed by atoms with Crippen LogP contribution in [0.1, 0.15) is 35.3 Å². The van der Waals surface area contributed by atoms with Crippen molar-refractivity contribution in [3.05, 3.63) is 75.8 Å². The molecule has 0 aliphatic heterocycles. The Morgan fingerprint density at radius 2 is 1.71 bits per heavy atom. The molecule has 0 heterocycles. The van der Waals surface area contributed by atoms with Crippen molar-refractivity contribution in [3.63, 3.8) is 0 Å². The fraction of sp³-hybridized carbons (Fsp3) is 0.250. The van der Waals surface area contributed by atoms with Crippen LogP contribution in [0.3, 0.4) is 0 Å². The van der Waals surface area contributed by atoms with Crippen molar-refractivity contribution in [2.24, 2.45) is 5.10 Å². The standard InChI is InChI=1S/C28H30BrN3O6/c1-5-36-24-15-20(10-11-23(24)35-4)28(34)32-30-16-19-13-22(29)27(25(14-19)37-6-2)38-17-26(33)31-21-9-7-8-18(3)12-21/h7-16H,5-6,17H2,1-4H3,(H,31,33)(H,32,34)/b30-16+. The molecule has 9 nitrogen and oxygen atoms in total. The zero-order chi connectivity index (χ0) is 27.5. The van der Waals surface area contributed by atoms with Crippen LogP contribution in [0.5, 0.6) is 23.0 Å². The second-order valence-corrected chi connectivity index (χ2v) is 8.82. The van der Waals surface area contributed by atoms with E-state index in [2.05, 4.69) is 31.8 Å². The van der Waals surface area contributed by atoms with Gasteiger partial charge in [-0.15, -0.1) is 0 Å². The number of ether oxygens (including phenoxy) is 4. The molecule has 0 fully saturated rings. The van der Waals surface area contributed by atoms with Gasteiger partial charge in [-0.3, -0.25) is 9.59 Å². The van der Waals surface area contributed by atoms with Crippen LogP contribution >= 0.6 is 15.9 Å². The normalized spacial score (nSPS) is 10.7. The van der Waals surface area contributed by atoms with Crippen LogP contribution in [0.2, 0.25) is 0 Å². The maximum absolute atomic E-state index is 12.6. The lowest BCUT2D eigenvalue weighted by molar-refractivity contribution is -0.118. The Bertz CT molecular complexity index is 1310. The number of carbonyl (C=O) groups excluding carboxylic acids is 2. The van der Waals surface area contributed by atoms with E-state index in [0.29, 0.717) is 57.5 Å². The number of anilines is 1. The van der Waals surface area contributed by atoms with E-state index in [9.17, 15) is 9.59 Å². The Kier molecular flexibility index (Phi) is 10.5. The molecule has 3 aromatic rings. The summed E-state index contributed by atoms with van der Waals surface area (Å²) in [5, 5.41) is 6.87. The van der Waals surface area contributed by atoms with Crippen molar-refractivity contribution in [2.75, 3.05) is 32.2 Å². The summed E-state index contributed by atoms with van der Waals surface area (Å²) in [6, 6.07) is 15.8. The number of amides is 2. The van der Waals surface area contributed by atoms with Crippen LogP contribution in [0.4, 0.5) is 5.69 Å². The topological polar surface area (TPSA) is 107 Å². The number of aryl methyl sites for hydroxylation is 1. The number of hydrazone groups is 1. The quantitative estimate of drug-likeness (QED) is 0.220. The number of hydrogen-bond donors (Lipinski definition) is 2. The molecule has 200 valence electrons. The molecule has 0 saturated carbocycles. The third kappa shape index (κ3) is 7.97. The first kappa shape index (κ1) is 28.5. The van der Waals surface area contributed by atoms with E-state index in [1.807, 2.05) is 45.0 Å². The minimum atomic E-state index is -0.409. The Morgan fingerprint density at radius 3 is 2.42 bits per heavy atom. The van der Waals surface area contributed by atoms with E-state index >= 15 is 0 Å². The van der Waals surface area contributed by atoms with Crippen molar-refractivity contribution in [1.82, 2.24) is 5.43 Å². The third-order valence-electron chi connectivity index (χ3n) is 5.09. The molecule has 0 bridgehead atoms. The molecule has 10 heteroatoms. The van der Waals surface area contributed by atoms with Crippen molar-refractivity contribution in [3.8, 4) is 23.0 Å². The first-order chi connectivity index (χ1) is 18.3. The SMILES string of the molecule is CCOc1cc(C(=O)N/N=C/c2cc(Br)c(OCC(=O)Nc3cccc(C)c3)c(OCC)c2)ccc1OC. The van der Waals surface area contributed by atoms with Crippen LogP contribution in [-0.2, 0) is 4.79 Å². The number of benzene rings is 3. The molecule has 0 unspecified atom stereocenters. The van der Waals surface area contributed by atoms with Crippen LogP contribution in [0.15, 0.2) is 64.2 Å². The first-order valence-corrected chi connectivity index (χ1v) is 12.7. The summed E-state index contributed by atoms with van der Waals surface area (Å²) in [5.41, 5.74) is 5.25. The lowest BCUT2D eigenvalue weighted by atomic mass is 10.2. The Balaban J connectivity index is 1.67. The molecule has 0 atom stereocenters. The summed E-state index contributed by atoms with van der Waals surface area (Å²) in [6.07, 6.45) is 1.48. The highest BCUT2D eigenvalue weighted by Gasteiger charge is 2.15. The fourth-order valence-corrected chi connectivity index (χ4v) is 4.01. The van der Waals surface area contributed by atoms with Crippen LogP contribution in [0.25, 0.3) is 0 Å². The summed E-state index contributed by atoms with van der Waals surface area (Å²) >= 11 is 3.48. The van der Waals surface area contributed by atoms with Crippen molar-refractivity contribution >= 4 is 39.6 Å². The number of halogens is 1. The van der Waals surface area contributed by atoms with E-state index < -0.39 is 5.91 Å².